The van der Waals surface area contributed by atoms with E-state index in [1.54, 1.807) is 17.8 Å². The molecule has 1 aromatic rings. The first-order valence-corrected chi connectivity index (χ1v) is 9.82. The lowest BCUT2D eigenvalue weighted by Crippen LogP contribution is -2.28. The maximum atomic E-state index is 12.2. The lowest BCUT2D eigenvalue weighted by Gasteiger charge is -2.09. The molecule has 1 rings (SSSR count). The van der Waals surface area contributed by atoms with Gasteiger partial charge < -0.3 is 5.32 Å². The smallest absolute Gasteiger partial charge is 0.250 e. The van der Waals surface area contributed by atoms with Crippen molar-refractivity contribution in [3.05, 3.63) is 16.5 Å². The van der Waals surface area contributed by atoms with E-state index in [0.29, 0.717) is 10.8 Å². The monoisotopic (exact) mass is 322 g/mol. The predicted octanol–water partition coefficient (Wildman–Crippen LogP) is 2.20. The lowest BCUT2D eigenvalue weighted by molar-refractivity contribution is 0.583. The van der Waals surface area contributed by atoms with Crippen molar-refractivity contribution in [3.8, 4) is 0 Å². The summed E-state index contributed by atoms with van der Waals surface area (Å²) < 4.78 is 27.4. The van der Waals surface area contributed by atoms with Crippen molar-refractivity contribution in [2.45, 2.75) is 36.8 Å². The zero-order valence-corrected chi connectivity index (χ0v) is 14.3. The van der Waals surface area contributed by atoms with E-state index in [0.717, 1.165) is 23.5 Å². The molecule has 7 heteroatoms. The van der Waals surface area contributed by atoms with Crippen molar-refractivity contribution in [3.63, 3.8) is 0 Å². The van der Waals surface area contributed by atoms with Crippen molar-refractivity contribution in [1.82, 2.24) is 10.0 Å². The van der Waals surface area contributed by atoms with Crippen LogP contribution in [0.3, 0.4) is 0 Å². The Morgan fingerprint density at radius 2 is 2.16 bits per heavy atom. The number of nitrogens with one attached hydrogen (secondary N) is 2. The SMILES string of the molecule is CCNCc1sc(S(=O)(=O)NCC(C)SC)cc1C. The molecule has 110 valence electrons. The molecule has 1 heterocycles. The third kappa shape index (κ3) is 5.07. The Kier molecular flexibility index (Phi) is 6.82. The van der Waals surface area contributed by atoms with Crippen LogP contribution in [0.4, 0.5) is 0 Å². The van der Waals surface area contributed by atoms with Crippen LogP contribution in [-0.2, 0) is 16.6 Å². The Morgan fingerprint density at radius 3 is 2.74 bits per heavy atom. The van der Waals surface area contributed by atoms with Gasteiger partial charge in [0.25, 0.3) is 0 Å². The second-order valence-corrected chi connectivity index (χ2v) is 8.76. The molecule has 0 bridgehead atoms. The molecule has 0 aliphatic carbocycles. The first-order valence-electron chi connectivity index (χ1n) is 6.23. The highest BCUT2D eigenvalue weighted by atomic mass is 32.2. The molecular formula is C12H22N2O2S3. The number of thiophene rings is 1. The van der Waals surface area contributed by atoms with Crippen LogP contribution >= 0.6 is 23.1 Å². The van der Waals surface area contributed by atoms with Gasteiger partial charge in [0.1, 0.15) is 4.21 Å². The van der Waals surface area contributed by atoms with E-state index in [2.05, 4.69) is 10.0 Å². The zero-order valence-electron chi connectivity index (χ0n) is 11.8. The van der Waals surface area contributed by atoms with Gasteiger partial charge in [-0.2, -0.15) is 11.8 Å². The Bertz CT molecular complexity index is 497. The minimum absolute atomic E-state index is 0.275. The largest absolute Gasteiger partial charge is 0.312 e. The second kappa shape index (κ2) is 7.64. The molecule has 0 radical (unpaired) electrons. The van der Waals surface area contributed by atoms with E-state index in [4.69, 9.17) is 0 Å². The number of aryl methyl sites for hydroxylation is 1. The van der Waals surface area contributed by atoms with Gasteiger partial charge in [-0.25, -0.2) is 13.1 Å². The number of sulfonamides is 1. The molecule has 0 saturated heterocycles. The molecule has 0 spiro atoms. The van der Waals surface area contributed by atoms with Crippen molar-refractivity contribution in [1.29, 1.82) is 0 Å². The molecule has 0 amide bonds. The van der Waals surface area contributed by atoms with Crippen molar-refractivity contribution in [2.24, 2.45) is 0 Å². The fraction of sp³-hybridized carbons (Fsp3) is 0.667. The van der Waals surface area contributed by atoms with E-state index >= 15 is 0 Å². The van der Waals surface area contributed by atoms with Crippen LogP contribution in [0.5, 0.6) is 0 Å². The maximum Gasteiger partial charge on any atom is 0.250 e. The molecular weight excluding hydrogens is 300 g/mol. The molecule has 0 aliphatic rings. The van der Waals surface area contributed by atoms with E-state index in [-0.39, 0.29) is 5.25 Å². The van der Waals surface area contributed by atoms with Gasteiger partial charge >= 0.3 is 0 Å². The van der Waals surface area contributed by atoms with Crippen LogP contribution in [-0.4, -0.2) is 33.0 Å². The summed E-state index contributed by atoms with van der Waals surface area (Å²) in [5, 5.41) is 3.50. The van der Waals surface area contributed by atoms with E-state index < -0.39 is 10.0 Å². The molecule has 0 aromatic carbocycles. The third-order valence-electron chi connectivity index (χ3n) is 2.76. The lowest BCUT2D eigenvalue weighted by atomic mass is 10.3. The van der Waals surface area contributed by atoms with Crippen molar-refractivity contribution >= 4 is 33.1 Å². The van der Waals surface area contributed by atoms with Gasteiger partial charge in [-0.05, 0) is 31.4 Å². The average molecular weight is 323 g/mol. The van der Waals surface area contributed by atoms with Crippen molar-refractivity contribution in [2.75, 3.05) is 19.3 Å². The van der Waals surface area contributed by atoms with E-state index in [1.165, 1.54) is 11.3 Å². The first kappa shape index (κ1) is 17.0. The molecule has 0 saturated carbocycles. The fourth-order valence-electron chi connectivity index (χ4n) is 1.42. The Hall–Kier alpha value is -0.0800. The summed E-state index contributed by atoms with van der Waals surface area (Å²) in [6.07, 6.45) is 1.97. The number of rotatable bonds is 8. The molecule has 1 atom stereocenters. The quantitative estimate of drug-likeness (QED) is 0.770. The van der Waals surface area contributed by atoms with Gasteiger partial charge in [0.05, 0.1) is 0 Å². The molecule has 1 unspecified atom stereocenters. The number of thioether (sulfide) groups is 1. The predicted molar refractivity (Wildman–Crippen MR) is 84.6 cm³/mol. The summed E-state index contributed by atoms with van der Waals surface area (Å²) in [5.41, 5.74) is 1.03. The minimum Gasteiger partial charge on any atom is -0.312 e. The summed E-state index contributed by atoms with van der Waals surface area (Å²) >= 11 is 2.99. The molecule has 0 fully saturated rings. The highest BCUT2D eigenvalue weighted by molar-refractivity contribution is 7.99. The van der Waals surface area contributed by atoms with E-state index in [1.807, 2.05) is 27.0 Å². The molecule has 2 N–H and O–H groups in total. The van der Waals surface area contributed by atoms with Gasteiger partial charge in [0.15, 0.2) is 0 Å². The molecule has 4 nitrogen and oxygen atoms in total. The zero-order chi connectivity index (χ0) is 14.5. The fourth-order valence-corrected chi connectivity index (χ4v) is 4.51. The first-order chi connectivity index (χ1) is 8.90. The summed E-state index contributed by atoms with van der Waals surface area (Å²) in [6, 6.07) is 1.75. The standard InChI is InChI=1S/C12H22N2O2S3/c1-5-13-8-11-9(2)6-12(18-11)19(15,16)14-7-10(3)17-4/h6,10,13-14H,5,7-8H2,1-4H3. The van der Waals surface area contributed by atoms with Crippen LogP contribution in [0, 0.1) is 6.92 Å². The van der Waals surface area contributed by atoms with Crippen molar-refractivity contribution < 1.29 is 8.42 Å². The number of hydrogen-bond acceptors (Lipinski definition) is 5. The minimum atomic E-state index is -3.36. The van der Waals surface area contributed by atoms with Crippen LogP contribution in [0.2, 0.25) is 0 Å². The van der Waals surface area contributed by atoms with E-state index in [9.17, 15) is 8.42 Å². The summed E-state index contributed by atoms with van der Waals surface area (Å²) in [5.74, 6) is 0. The third-order valence-corrected chi connectivity index (χ3v) is 6.87. The normalized spacial score (nSPS) is 13.7. The Morgan fingerprint density at radius 1 is 1.47 bits per heavy atom. The van der Waals surface area contributed by atoms with Gasteiger partial charge in [-0.3, -0.25) is 0 Å². The van der Waals surface area contributed by atoms with Gasteiger partial charge in [-0.1, -0.05) is 13.8 Å². The second-order valence-electron chi connectivity index (χ2n) is 4.35. The average Bonchev–Trinajstić information content (AvgIpc) is 2.75. The summed E-state index contributed by atoms with van der Waals surface area (Å²) in [6.45, 7) is 8.05. The molecule has 0 aliphatic heterocycles. The number of hydrogen-bond donors (Lipinski definition) is 2. The van der Waals surface area contributed by atoms with Crippen LogP contribution in [0.25, 0.3) is 0 Å². The van der Waals surface area contributed by atoms with Crippen LogP contribution < -0.4 is 10.0 Å². The Labute approximate surface area is 124 Å². The highest BCUT2D eigenvalue weighted by Gasteiger charge is 2.19. The summed E-state index contributed by atoms with van der Waals surface area (Å²) in [4.78, 5) is 1.08. The van der Waals surface area contributed by atoms with Gasteiger partial charge in [-0.15, -0.1) is 11.3 Å². The highest BCUT2D eigenvalue weighted by Crippen LogP contribution is 2.25. The Balaban J connectivity index is 2.78. The molecule has 19 heavy (non-hydrogen) atoms. The topological polar surface area (TPSA) is 58.2 Å². The maximum absolute atomic E-state index is 12.2. The molecule has 1 aromatic heterocycles. The van der Waals surface area contributed by atoms with Crippen LogP contribution in [0.15, 0.2) is 10.3 Å². The van der Waals surface area contributed by atoms with Crippen LogP contribution in [0.1, 0.15) is 24.3 Å². The van der Waals surface area contributed by atoms with Gasteiger partial charge in [0, 0.05) is 23.2 Å². The van der Waals surface area contributed by atoms with Gasteiger partial charge in [0.2, 0.25) is 10.0 Å². The summed E-state index contributed by atoms with van der Waals surface area (Å²) in [7, 11) is -3.36.